The van der Waals surface area contributed by atoms with Gasteiger partial charge in [0.05, 0.1) is 0 Å². The topological polar surface area (TPSA) is 3.88 Å². The lowest BCUT2D eigenvalue weighted by atomic mass is 10.2. The SMILES string of the molecule is CCc1cc(C)cc(C)[n+]1CS. The van der Waals surface area contributed by atoms with E-state index in [1.165, 1.54) is 17.0 Å². The van der Waals surface area contributed by atoms with Gasteiger partial charge in [-0.15, -0.1) is 12.6 Å². The lowest BCUT2D eigenvalue weighted by Gasteiger charge is -2.03. The van der Waals surface area contributed by atoms with E-state index in [9.17, 15) is 0 Å². The summed E-state index contributed by atoms with van der Waals surface area (Å²) in [5.74, 6) is 0.773. The molecule has 0 bridgehead atoms. The Morgan fingerprint density at radius 2 is 2.00 bits per heavy atom. The van der Waals surface area contributed by atoms with Gasteiger partial charge in [-0.05, 0) is 12.5 Å². The molecule has 2 heteroatoms. The molecule has 0 N–H and O–H groups in total. The number of pyridine rings is 1. The van der Waals surface area contributed by atoms with E-state index < -0.39 is 0 Å². The normalized spacial score (nSPS) is 10.3. The molecular weight excluding hydrogens is 166 g/mol. The van der Waals surface area contributed by atoms with Gasteiger partial charge in [-0.3, -0.25) is 0 Å². The molecule has 0 amide bonds. The van der Waals surface area contributed by atoms with Gasteiger partial charge in [0.25, 0.3) is 0 Å². The highest BCUT2D eigenvalue weighted by molar-refractivity contribution is 7.78. The summed E-state index contributed by atoms with van der Waals surface area (Å²) in [6, 6.07) is 4.42. The van der Waals surface area contributed by atoms with Gasteiger partial charge in [-0.25, -0.2) is 0 Å². The Balaban J connectivity index is 3.24. The Kier molecular flexibility index (Phi) is 3.15. The zero-order valence-electron chi connectivity index (χ0n) is 7.96. The van der Waals surface area contributed by atoms with Crippen molar-refractivity contribution in [2.45, 2.75) is 33.1 Å². The van der Waals surface area contributed by atoms with Crippen LogP contribution < -0.4 is 4.57 Å². The van der Waals surface area contributed by atoms with E-state index in [0.29, 0.717) is 0 Å². The molecule has 1 aromatic rings. The van der Waals surface area contributed by atoms with Crippen molar-refractivity contribution in [1.29, 1.82) is 0 Å². The molecule has 66 valence electrons. The van der Waals surface area contributed by atoms with Crippen LogP contribution in [0.25, 0.3) is 0 Å². The van der Waals surface area contributed by atoms with E-state index in [0.717, 1.165) is 12.3 Å². The van der Waals surface area contributed by atoms with E-state index in [1.54, 1.807) is 0 Å². The maximum absolute atomic E-state index is 4.30. The lowest BCUT2D eigenvalue weighted by Crippen LogP contribution is -2.39. The van der Waals surface area contributed by atoms with Crippen LogP contribution in [0.1, 0.15) is 23.9 Å². The summed E-state index contributed by atoms with van der Waals surface area (Å²) < 4.78 is 2.23. The molecule has 0 saturated carbocycles. The first-order valence-electron chi connectivity index (χ1n) is 4.30. The number of rotatable bonds is 2. The van der Waals surface area contributed by atoms with Crippen molar-refractivity contribution >= 4 is 12.6 Å². The highest BCUT2D eigenvalue weighted by Crippen LogP contribution is 2.03. The molecule has 0 saturated heterocycles. The number of nitrogens with zero attached hydrogens (tertiary/aromatic N) is 1. The molecule has 0 aliphatic carbocycles. The molecule has 1 aromatic heterocycles. The second-order valence-corrected chi connectivity index (χ2v) is 3.37. The van der Waals surface area contributed by atoms with E-state index in [4.69, 9.17) is 0 Å². The summed E-state index contributed by atoms with van der Waals surface area (Å²) in [4.78, 5) is 0. The molecule has 0 aliphatic heterocycles. The fourth-order valence-corrected chi connectivity index (χ4v) is 1.92. The summed E-state index contributed by atoms with van der Waals surface area (Å²) in [6.07, 6.45) is 1.07. The van der Waals surface area contributed by atoms with Crippen LogP contribution in [0.4, 0.5) is 0 Å². The van der Waals surface area contributed by atoms with Crippen LogP contribution in [0.3, 0.4) is 0 Å². The minimum absolute atomic E-state index is 0.773. The second kappa shape index (κ2) is 3.94. The van der Waals surface area contributed by atoms with Crippen molar-refractivity contribution in [1.82, 2.24) is 0 Å². The van der Waals surface area contributed by atoms with E-state index >= 15 is 0 Å². The summed E-state index contributed by atoms with van der Waals surface area (Å²) in [7, 11) is 0. The van der Waals surface area contributed by atoms with Gasteiger partial charge < -0.3 is 0 Å². The van der Waals surface area contributed by atoms with Crippen molar-refractivity contribution in [3.05, 3.63) is 29.1 Å². The quantitative estimate of drug-likeness (QED) is 0.527. The Hall–Kier alpha value is -0.500. The molecule has 0 fully saturated rings. The van der Waals surface area contributed by atoms with Gasteiger partial charge in [0.2, 0.25) is 0 Å². The Bertz CT molecular complexity index is 281. The maximum Gasteiger partial charge on any atom is 0.192 e. The first kappa shape index (κ1) is 9.59. The second-order valence-electron chi connectivity index (χ2n) is 3.09. The summed E-state index contributed by atoms with van der Waals surface area (Å²) in [6.45, 7) is 6.44. The number of hydrogen-bond donors (Lipinski definition) is 1. The molecule has 0 aliphatic rings. The largest absolute Gasteiger partial charge is 0.192 e. The third kappa shape index (κ3) is 1.81. The fraction of sp³-hybridized carbons (Fsp3) is 0.500. The van der Waals surface area contributed by atoms with Gasteiger partial charge in [-0.1, -0.05) is 6.92 Å². The van der Waals surface area contributed by atoms with Crippen LogP contribution >= 0.6 is 12.6 Å². The number of thiol groups is 1. The van der Waals surface area contributed by atoms with Gasteiger partial charge in [0.1, 0.15) is 0 Å². The predicted octanol–water partition coefficient (Wildman–Crippen LogP) is 2.04. The molecule has 0 atom stereocenters. The van der Waals surface area contributed by atoms with Crippen molar-refractivity contribution in [2.24, 2.45) is 0 Å². The van der Waals surface area contributed by atoms with Gasteiger partial charge in [0.15, 0.2) is 17.3 Å². The Morgan fingerprint density at radius 1 is 1.33 bits per heavy atom. The summed E-state index contributed by atoms with van der Waals surface area (Å²) >= 11 is 4.30. The molecule has 0 unspecified atom stereocenters. The van der Waals surface area contributed by atoms with E-state index in [1.807, 2.05) is 0 Å². The van der Waals surface area contributed by atoms with Crippen molar-refractivity contribution < 1.29 is 4.57 Å². The van der Waals surface area contributed by atoms with Crippen LogP contribution in [0.5, 0.6) is 0 Å². The molecule has 1 heterocycles. The standard InChI is InChI=1S/C10H15NS/c1-4-10-6-8(2)5-9(3)11(10)7-12/h5-6H,4,7H2,1-3H3/p+1. The number of aryl methyl sites for hydroxylation is 3. The monoisotopic (exact) mass is 182 g/mol. The van der Waals surface area contributed by atoms with E-state index in [2.05, 4.69) is 50.1 Å². The minimum atomic E-state index is 0.773. The molecule has 1 nitrogen and oxygen atoms in total. The smallest absolute Gasteiger partial charge is 0.191 e. The van der Waals surface area contributed by atoms with Crippen molar-refractivity contribution in [3.8, 4) is 0 Å². The highest BCUT2D eigenvalue weighted by atomic mass is 32.1. The van der Waals surface area contributed by atoms with Gasteiger partial charge >= 0.3 is 0 Å². The lowest BCUT2D eigenvalue weighted by molar-refractivity contribution is -0.689. The molecule has 0 radical (unpaired) electrons. The zero-order valence-corrected chi connectivity index (χ0v) is 8.86. The molecule has 1 rings (SSSR count). The van der Waals surface area contributed by atoms with Crippen molar-refractivity contribution in [3.63, 3.8) is 0 Å². The number of hydrogen-bond acceptors (Lipinski definition) is 1. The molecule has 0 spiro atoms. The average Bonchev–Trinajstić information content (AvgIpc) is 2.03. The van der Waals surface area contributed by atoms with Gasteiger partial charge in [-0.2, -0.15) is 4.57 Å². The van der Waals surface area contributed by atoms with Crippen molar-refractivity contribution in [2.75, 3.05) is 0 Å². The zero-order chi connectivity index (χ0) is 9.14. The fourth-order valence-electron chi connectivity index (χ4n) is 1.51. The first-order chi connectivity index (χ1) is 5.69. The van der Waals surface area contributed by atoms with Crippen LogP contribution in [-0.4, -0.2) is 0 Å². The van der Waals surface area contributed by atoms with Crippen LogP contribution in [-0.2, 0) is 12.3 Å². The van der Waals surface area contributed by atoms with Crippen LogP contribution in [0, 0.1) is 13.8 Å². The Morgan fingerprint density at radius 3 is 2.50 bits per heavy atom. The van der Waals surface area contributed by atoms with Crippen LogP contribution in [0.15, 0.2) is 12.1 Å². The summed E-state index contributed by atoms with van der Waals surface area (Å²) in [5.41, 5.74) is 3.99. The van der Waals surface area contributed by atoms with E-state index in [-0.39, 0.29) is 0 Å². The highest BCUT2D eigenvalue weighted by Gasteiger charge is 2.10. The number of aromatic nitrogens is 1. The third-order valence-corrected chi connectivity index (χ3v) is 2.39. The van der Waals surface area contributed by atoms with Gasteiger partial charge in [0, 0.05) is 25.5 Å². The minimum Gasteiger partial charge on any atom is -0.191 e. The molecule has 0 aromatic carbocycles. The first-order valence-corrected chi connectivity index (χ1v) is 4.93. The predicted molar refractivity (Wildman–Crippen MR) is 54.5 cm³/mol. The third-order valence-electron chi connectivity index (χ3n) is 2.11. The molecular formula is C10H16NS+. The molecule has 12 heavy (non-hydrogen) atoms. The maximum atomic E-state index is 4.30. The average molecular weight is 182 g/mol. The van der Waals surface area contributed by atoms with Crippen LogP contribution in [0.2, 0.25) is 0 Å². The Labute approximate surface area is 79.8 Å². The summed E-state index contributed by atoms with van der Waals surface area (Å²) in [5, 5.41) is 0.